The predicted molar refractivity (Wildman–Crippen MR) is 113 cm³/mol. The van der Waals surface area contributed by atoms with Crippen LogP contribution < -0.4 is 14.8 Å². The Labute approximate surface area is 170 Å². The summed E-state index contributed by atoms with van der Waals surface area (Å²) >= 11 is 4.86. The lowest BCUT2D eigenvalue weighted by Gasteiger charge is -2.07. The van der Waals surface area contributed by atoms with Crippen molar-refractivity contribution in [2.24, 2.45) is 0 Å². The number of halogens is 1. The third-order valence-corrected chi connectivity index (χ3v) is 5.70. The summed E-state index contributed by atoms with van der Waals surface area (Å²) in [4.78, 5) is 16.6. The minimum atomic E-state index is -0.242. The highest BCUT2D eigenvalue weighted by Gasteiger charge is 2.10. The Kier molecular flexibility index (Phi) is 6.68. The summed E-state index contributed by atoms with van der Waals surface area (Å²) in [7, 11) is 0. The quantitative estimate of drug-likeness (QED) is 0.457. The highest BCUT2D eigenvalue weighted by Crippen LogP contribution is 2.29. The van der Waals surface area contributed by atoms with Crippen LogP contribution in [-0.4, -0.2) is 24.1 Å². The maximum atomic E-state index is 12.2. The first-order valence-corrected chi connectivity index (χ1v) is 10.4. The number of rotatable bonds is 8. The molecule has 0 unspecified atom stereocenters. The lowest BCUT2D eigenvalue weighted by atomic mass is 10.2. The third-order valence-electron chi connectivity index (χ3n) is 3.87. The molecule has 3 aromatic rings. The van der Waals surface area contributed by atoms with Crippen LogP contribution in [0.1, 0.15) is 25.3 Å². The second-order valence-corrected chi connectivity index (χ2v) is 7.98. The molecule has 0 aliphatic carbocycles. The number of fused-ring (bicyclic) bond motifs is 1. The standard InChI is InChI=1S/C20H21BrN2O3S/c1-3-4-9-25-15-6-8-17-18(11-15)27-20(22-17)23-19(24)12-26-14-5-7-16(21)13(2)10-14/h5-8,10-11H,3-4,9,12H2,1-2H3,(H,22,23,24). The van der Waals surface area contributed by atoms with Crippen LogP contribution in [0.15, 0.2) is 40.9 Å². The zero-order valence-electron chi connectivity index (χ0n) is 15.3. The van der Waals surface area contributed by atoms with E-state index in [4.69, 9.17) is 9.47 Å². The average Bonchev–Trinajstić information content (AvgIpc) is 3.04. The van der Waals surface area contributed by atoms with Gasteiger partial charge in [0.05, 0.1) is 16.8 Å². The second-order valence-electron chi connectivity index (χ2n) is 6.10. The van der Waals surface area contributed by atoms with Gasteiger partial charge in [-0.15, -0.1) is 0 Å². The van der Waals surface area contributed by atoms with Crippen LogP contribution in [0.5, 0.6) is 11.5 Å². The molecule has 142 valence electrons. The van der Waals surface area contributed by atoms with Gasteiger partial charge >= 0.3 is 0 Å². The summed E-state index contributed by atoms with van der Waals surface area (Å²) < 4.78 is 13.2. The summed E-state index contributed by atoms with van der Waals surface area (Å²) in [6.45, 7) is 4.74. The highest BCUT2D eigenvalue weighted by atomic mass is 79.9. The molecule has 0 aliphatic heterocycles. The molecule has 1 amide bonds. The van der Waals surface area contributed by atoms with E-state index in [-0.39, 0.29) is 12.5 Å². The number of hydrogen-bond acceptors (Lipinski definition) is 5. The molecule has 7 heteroatoms. The molecule has 0 atom stereocenters. The number of carbonyl (C=O) groups excluding carboxylic acids is 1. The molecule has 1 aromatic heterocycles. The van der Waals surface area contributed by atoms with Crippen LogP contribution in [0.4, 0.5) is 5.13 Å². The van der Waals surface area contributed by atoms with E-state index in [1.165, 1.54) is 11.3 Å². The summed E-state index contributed by atoms with van der Waals surface area (Å²) in [5.74, 6) is 1.24. The number of carbonyl (C=O) groups is 1. The molecule has 0 radical (unpaired) electrons. The van der Waals surface area contributed by atoms with Crippen molar-refractivity contribution in [1.82, 2.24) is 4.98 Å². The average molecular weight is 449 g/mol. The molecule has 0 saturated heterocycles. The minimum Gasteiger partial charge on any atom is -0.494 e. The van der Waals surface area contributed by atoms with Crippen molar-refractivity contribution in [3.05, 3.63) is 46.4 Å². The molecular formula is C20H21BrN2O3S. The minimum absolute atomic E-state index is 0.0671. The Hall–Kier alpha value is -2.12. The lowest BCUT2D eigenvalue weighted by molar-refractivity contribution is -0.118. The number of anilines is 1. The molecule has 3 rings (SSSR count). The van der Waals surface area contributed by atoms with Crippen LogP contribution >= 0.6 is 27.3 Å². The topological polar surface area (TPSA) is 60.5 Å². The largest absolute Gasteiger partial charge is 0.494 e. The summed E-state index contributed by atoms with van der Waals surface area (Å²) in [5, 5.41) is 3.34. The molecule has 1 N–H and O–H groups in total. The molecule has 1 heterocycles. The van der Waals surface area contributed by atoms with E-state index in [0.29, 0.717) is 17.5 Å². The number of ether oxygens (including phenoxy) is 2. The Balaban J connectivity index is 1.58. The molecule has 0 bridgehead atoms. The second kappa shape index (κ2) is 9.19. The van der Waals surface area contributed by atoms with Crippen LogP contribution in [0.3, 0.4) is 0 Å². The van der Waals surface area contributed by atoms with Gasteiger partial charge in [0.1, 0.15) is 11.5 Å². The monoisotopic (exact) mass is 448 g/mol. The van der Waals surface area contributed by atoms with E-state index in [2.05, 4.69) is 33.2 Å². The summed E-state index contributed by atoms with van der Waals surface area (Å²) in [5.41, 5.74) is 1.89. The number of nitrogens with zero attached hydrogens (tertiary/aromatic N) is 1. The van der Waals surface area contributed by atoms with E-state index < -0.39 is 0 Å². The third kappa shape index (κ3) is 5.43. The number of thiazole rings is 1. The van der Waals surface area contributed by atoms with Crippen molar-refractivity contribution in [3.8, 4) is 11.5 Å². The van der Waals surface area contributed by atoms with Crippen LogP contribution in [-0.2, 0) is 4.79 Å². The number of nitrogens with one attached hydrogen (secondary N) is 1. The molecule has 0 spiro atoms. The molecule has 5 nitrogen and oxygen atoms in total. The van der Waals surface area contributed by atoms with E-state index in [1.54, 1.807) is 0 Å². The number of benzene rings is 2. The van der Waals surface area contributed by atoms with Crippen LogP contribution in [0.2, 0.25) is 0 Å². The fourth-order valence-electron chi connectivity index (χ4n) is 2.39. The van der Waals surface area contributed by atoms with Gasteiger partial charge in [0.15, 0.2) is 11.7 Å². The van der Waals surface area contributed by atoms with Crippen molar-refractivity contribution in [2.45, 2.75) is 26.7 Å². The first kappa shape index (κ1) is 19.6. The molecule has 0 fully saturated rings. The van der Waals surface area contributed by atoms with Gasteiger partial charge in [-0.2, -0.15) is 0 Å². The van der Waals surface area contributed by atoms with Gasteiger partial charge in [0.2, 0.25) is 0 Å². The summed E-state index contributed by atoms with van der Waals surface area (Å²) in [6, 6.07) is 11.4. The maximum Gasteiger partial charge on any atom is 0.264 e. The predicted octanol–water partition coefficient (Wildman–Crippen LogP) is 5.56. The van der Waals surface area contributed by atoms with Gasteiger partial charge < -0.3 is 9.47 Å². The SMILES string of the molecule is CCCCOc1ccc2nc(NC(=O)COc3ccc(Br)c(C)c3)sc2c1. The van der Waals surface area contributed by atoms with Gasteiger partial charge in [-0.05, 0) is 55.3 Å². The number of aromatic nitrogens is 1. The van der Waals surface area contributed by atoms with Crippen molar-refractivity contribution in [3.63, 3.8) is 0 Å². The Morgan fingerprint density at radius 3 is 2.74 bits per heavy atom. The zero-order chi connectivity index (χ0) is 19.2. The van der Waals surface area contributed by atoms with Crippen molar-refractivity contribution in [2.75, 3.05) is 18.5 Å². The Bertz CT molecular complexity index is 942. The number of aryl methyl sites for hydroxylation is 1. The summed E-state index contributed by atoms with van der Waals surface area (Å²) in [6.07, 6.45) is 2.13. The van der Waals surface area contributed by atoms with E-state index >= 15 is 0 Å². The van der Waals surface area contributed by atoms with E-state index in [1.807, 2.05) is 43.3 Å². The maximum absolute atomic E-state index is 12.2. The molecule has 0 aliphatic rings. The smallest absolute Gasteiger partial charge is 0.264 e. The zero-order valence-corrected chi connectivity index (χ0v) is 17.7. The van der Waals surface area contributed by atoms with Crippen LogP contribution in [0, 0.1) is 6.92 Å². The number of hydrogen-bond donors (Lipinski definition) is 1. The number of amides is 1. The van der Waals surface area contributed by atoms with Crippen molar-refractivity contribution < 1.29 is 14.3 Å². The van der Waals surface area contributed by atoms with Gasteiger partial charge in [-0.25, -0.2) is 4.98 Å². The first-order chi connectivity index (χ1) is 13.0. The Morgan fingerprint density at radius 2 is 1.96 bits per heavy atom. The Morgan fingerprint density at radius 1 is 1.19 bits per heavy atom. The fraction of sp³-hybridized carbons (Fsp3) is 0.300. The van der Waals surface area contributed by atoms with E-state index in [9.17, 15) is 4.79 Å². The van der Waals surface area contributed by atoms with Gasteiger partial charge in [0, 0.05) is 4.47 Å². The van der Waals surface area contributed by atoms with Crippen molar-refractivity contribution in [1.29, 1.82) is 0 Å². The van der Waals surface area contributed by atoms with Gasteiger partial charge in [-0.3, -0.25) is 10.1 Å². The normalized spacial score (nSPS) is 10.8. The van der Waals surface area contributed by atoms with Crippen LogP contribution in [0.25, 0.3) is 10.2 Å². The highest BCUT2D eigenvalue weighted by molar-refractivity contribution is 9.10. The van der Waals surface area contributed by atoms with Gasteiger partial charge in [0.25, 0.3) is 5.91 Å². The molecule has 27 heavy (non-hydrogen) atoms. The molecular weight excluding hydrogens is 428 g/mol. The van der Waals surface area contributed by atoms with Crippen molar-refractivity contribution >= 4 is 48.5 Å². The first-order valence-electron chi connectivity index (χ1n) is 8.77. The fourth-order valence-corrected chi connectivity index (χ4v) is 3.55. The molecule has 0 saturated carbocycles. The van der Waals surface area contributed by atoms with Gasteiger partial charge in [-0.1, -0.05) is 40.6 Å². The number of unbranched alkanes of at least 4 members (excludes halogenated alkanes) is 1. The molecule has 2 aromatic carbocycles. The van der Waals surface area contributed by atoms with E-state index in [0.717, 1.165) is 38.8 Å². The lowest BCUT2D eigenvalue weighted by Crippen LogP contribution is -2.20.